The summed E-state index contributed by atoms with van der Waals surface area (Å²) in [5.41, 5.74) is 4.36. The van der Waals surface area contributed by atoms with Gasteiger partial charge in [0, 0.05) is 27.1 Å². The van der Waals surface area contributed by atoms with Crippen LogP contribution in [-0.4, -0.2) is 10.9 Å². The molecule has 0 spiro atoms. The Hall–Kier alpha value is -2.49. The SMILES string of the molecule is Cc1csc(-c2ccc(C(=O)Nc3sc4c(c3C#N)CCCC4)cc2)n1. The Bertz CT molecular complexity index is 1010. The van der Waals surface area contributed by atoms with Gasteiger partial charge in [-0.3, -0.25) is 4.79 Å². The molecule has 1 aliphatic carbocycles. The Kier molecular flexibility index (Phi) is 4.58. The number of carbonyl (C=O) groups excluding carboxylic acids is 1. The van der Waals surface area contributed by atoms with E-state index in [1.54, 1.807) is 34.8 Å². The van der Waals surface area contributed by atoms with Gasteiger partial charge in [0.05, 0.1) is 5.56 Å². The van der Waals surface area contributed by atoms with Gasteiger partial charge in [0.2, 0.25) is 0 Å². The number of nitrogens with one attached hydrogen (secondary N) is 1. The number of amides is 1. The van der Waals surface area contributed by atoms with Crippen LogP contribution in [0.5, 0.6) is 0 Å². The molecular formula is C20H17N3OS2. The fourth-order valence-corrected chi connectivity index (χ4v) is 5.24. The van der Waals surface area contributed by atoms with Crippen LogP contribution in [0.4, 0.5) is 5.00 Å². The first-order valence-electron chi connectivity index (χ1n) is 8.54. The average molecular weight is 380 g/mol. The molecule has 1 aliphatic rings. The molecule has 4 nitrogen and oxygen atoms in total. The Morgan fingerprint density at radius 1 is 1.23 bits per heavy atom. The van der Waals surface area contributed by atoms with Gasteiger partial charge >= 0.3 is 0 Å². The molecule has 2 heterocycles. The zero-order chi connectivity index (χ0) is 18.1. The van der Waals surface area contributed by atoms with Gasteiger partial charge in [-0.15, -0.1) is 22.7 Å². The summed E-state index contributed by atoms with van der Waals surface area (Å²) in [6, 6.07) is 9.72. The van der Waals surface area contributed by atoms with Crippen LogP contribution < -0.4 is 5.32 Å². The fourth-order valence-electron chi connectivity index (χ4n) is 3.20. The first-order valence-corrected chi connectivity index (χ1v) is 10.2. The molecule has 1 aromatic carbocycles. The number of benzene rings is 1. The highest BCUT2D eigenvalue weighted by Crippen LogP contribution is 2.37. The van der Waals surface area contributed by atoms with Gasteiger partial charge in [-0.25, -0.2) is 4.98 Å². The van der Waals surface area contributed by atoms with Gasteiger partial charge in [-0.2, -0.15) is 5.26 Å². The smallest absolute Gasteiger partial charge is 0.256 e. The number of thiophene rings is 1. The van der Waals surface area contributed by atoms with Crippen LogP contribution in [-0.2, 0) is 12.8 Å². The molecule has 0 unspecified atom stereocenters. The summed E-state index contributed by atoms with van der Waals surface area (Å²) in [7, 11) is 0. The summed E-state index contributed by atoms with van der Waals surface area (Å²) < 4.78 is 0. The predicted octanol–water partition coefficient (Wildman–Crippen LogP) is 5.18. The van der Waals surface area contributed by atoms with E-state index >= 15 is 0 Å². The first-order chi connectivity index (χ1) is 12.7. The summed E-state index contributed by atoms with van der Waals surface area (Å²) in [6.07, 6.45) is 4.21. The van der Waals surface area contributed by atoms with E-state index in [2.05, 4.69) is 16.4 Å². The largest absolute Gasteiger partial charge is 0.312 e. The molecule has 4 rings (SSSR count). The van der Waals surface area contributed by atoms with E-state index in [1.807, 2.05) is 24.4 Å². The topological polar surface area (TPSA) is 65.8 Å². The monoisotopic (exact) mass is 379 g/mol. The zero-order valence-electron chi connectivity index (χ0n) is 14.3. The van der Waals surface area contributed by atoms with E-state index < -0.39 is 0 Å². The van der Waals surface area contributed by atoms with Crippen LogP contribution in [0, 0.1) is 18.3 Å². The Labute approximate surface area is 160 Å². The normalized spacial score (nSPS) is 13.1. The summed E-state index contributed by atoms with van der Waals surface area (Å²) in [5.74, 6) is -0.179. The average Bonchev–Trinajstić information content (AvgIpc) is 3.24. The maximum Gasteiger partial charge on any atom is 0.256 e. The van der Waals surface area contributed by atoms with Crippen molar-refractivity contribution in [2.24, 2.45) is 0 Å². The lowest BCUT2D eigenvalue weighted by molar-refractivity contribution is 0.102. The molecule has 1 amide bonds. The Balaban J connectivity index is 1.55. The third kappa shape index (κ3) is 3.16. The van der Waals surface area contributed by atoms with Crippen LogP contribution in [0.3, 0.4) is 0 Å². The van der Waals surface area contributed by atoms with E-state index in [0.29, 0.717) is 16.1 Å². The molecule has 130 valence electrons. The molecule has 2 aromatic heterocycles. The standard InChI is InChI=1S/C20H17N3OS2/c1-12-11-25-19(22-12)14-8-6-13(7-9-14)18(24)23-20-16(10-21)15-4-2-3-5-17(15)26-20/h6-9,11H,2-5H2,1H3,(H,23,24). The Morgan fingerprint density at radius 3 is 2.69 bits per heavy atom. The second-order valence-corrected chi connectivity index (χ2v) is 8.32. The number of anilines is 1. The maximum absolute atomic E-state index is 12.6. The predicted molar refractivity (Wildman–Crippen MR) is 106 cm³/mol. The van der Waals surface area contributed by atoms with Crippen LogP contribution in [0.2, 0.25) is 0 Å². The third-order valence-electron chi connectivity index (χ3n) is 4.52. The number of nitrogens with zero attached hydrogens (tertiary/aromatic N) is 2. The van der Waals surface area contributed by atoms with Gasteiger partial charge in [0.1, 0.15) is 16.1 Å². The molecule has 3 aromatic rings. The van der Waals surface area contributed by atoms with Crippen molar-refractivity contribution in [3.05, 3.63) is 56.9 Å². The fraction of sp³-hybridized carbons (Fsp3) is 0.250. The molecule has 0 radical (unpaired) electrons. The van der Waals surface area contributed by atoms with Crippen molar-refractivity contribution in [1.29, 1.82) is 5.26 Å². The van der Waals surface area contributed by atoms with Gasteiger partial charge in [0.15, 0.2) is 0 Å². The lowest BCUT2D eigenvalue weighted by atomic mass is 9.96. The van der Waals surface area contributed by atoms with Crippen molar-refractivity contribution >= 4 is 33.6 Å². The minimum Gasteiger partial charge on any atom is -0.312 e. The first kappa shape index (κ1) is 17.0. The maximum atomic E-state index is 12.6. The van der Waals surface area contributed by atoms with E-state index in [4.69, 9.17) is 0 Å². The summed E-state index contributed by atoms with van der Waals surface area (Å²) >= 11 is 3.14. The number of carbonyl (C=O) groups is 1. The summed E-state index contributed by atoms with van der Waals surface area (Å²) in [5, 5.41) is 16.1. The van der Waals surface area contributed by atoms with Crippen molar-refractivity contribution in [1.82, 2.24) is 4.98 Å². The lowest BCUT2D eigenvalue weighted by Gasteiger charge is -2.09. The lowest BCUT2D eigenvalue weighted by Crippen LogP contribution is -2.11. The molecule has 1 N–H and O–H groups in total. The van der Waals surface area contributed by atoms with Crippen molar-refractivity contribution in [3.8, 4) is 16.6 Å². The van der Waals surface area contributed by atoms with Gasteiger partial charge in [0.25, 0.3) is 5.91 Å². The minimum atomic E-state index is -0.179. The summed E-state index contributed by atoms with van der Waals surface area (Å²) in [6.45, 7) is 1.97. The van der Waals surface area contributed by atoms with Crippen molar-refractivity contribution in [3.63, 3.8) is 0 Å². The van der Waals surface area contributed by atoms with Gasteiger partial charge < -0.3 is 5.32 Å². The second kappa shape index (κ2) is 7.02. The van der Waals surface area contributed by atoms with E-state index in [9.17, 15) is 10.1 Å². The molecule has 26 heavy (non-hydrogen) atoms. The minimum absolute atomic E-state index is 0.179. The highest BCUT2D eigenvalue weighted by Gasteiger charge is 2.22. The molecule has 0 bridgehead atoms. The second-order valence-electron chi connectivity index (χ2n) is 6.35. The highest BCUT2D eigenvalue weighted by molar-refractivity contribution is 7.16. The van der Waals surface area contributed by atoms with E-state index in [1.165, 1.54) is 4.88 Å². The molecule has 0 atom stereocenters. The van der Waals surface area contributed by atoms with Gasteiger partial charge in [-0.05, 0) is 50.3 Å². The number of thiazole rings is 1. The van der Waals surface area contributed by atoms with Crippen LogP contribution >= 0.6 is 22.7 Å². The molecule has 0 saturated carbocycles. The van der Waals surface area contributed by atoms with Crippen molar-refractivity contribution in [2.75, 3.05) is 5.32 Å². The molecule has 0 aliphatic heterocycles. The quantitative estimate of drug-likeness (QED) is 0.681. The molecule has 6 heteroatoms. The van der Waals surface area contributed by atoms with Crippen LogP contribution in [0.15, 0.2) is 29.6 Å². The van der Waals surface area contributed by atoms with E-state index in [0.717, 1.165) is 47.5 Å². The van der Waals surface area contributed by atoms with Crippen molar-refractivity contribution < 1.29 is 4.79 Å². The number of aromatic nitrogens is 1. The molecule has 0 saturated heterocycles. The van der Waals surface area contributed by atoms with Gasteiger partial charge in [-0.1, -0.05) is 12.1 Å². The highest BCUT2D eigenvalue weighted by atomic mass is 32.1. The molecular weight excluding hydrogens is 362 g/mol. The summed E-state index contributed by atoms with van der Waals surface area (Å²) in [4.78, 5) is 18.3. The van der Waals surface area contributed by atoms with Crippen LogP contribution in [0.25, 0.3) is 10.6 Å². The molecule has 0 fully saturated rings. The van der Waals surface area contributed by atoms with Crippen molar-refractivity contribution in [2.45, 2.75) is 32.6 Å². The third-order valence-corrected chi connectivity index (χ3v) is 6.74. The zero-order valence-corrected chi connectivity index (χ0v) is 16.0. The number of rotatable bonds is 3. The Morgan fingerprint density at radius 2 is 2.00 bits per heavy atom. The number of hydrogen-bond acceptors (Lipinski definition) is 5. The van der Waals surface area contributed by atoms with Crippen LogP contribution in [0.1, 0.15) is 44.9 Å². The number of aryl methyl sites for hydroxylation is 2. The number of fused-ring (bicyclic) bond motifs is 1. The number of hydrogen-bond donors (Lipinski definition) is 1. The van der Waals surface area contributed by atoms with E-state index in [-0.39, 0.29) is 5.91 Å². The number of nitriles is 1.